The monoisotopic (exact) mass is 276 g/mol. The van der Waals surface area contributed by atoms with Crippen LogP contribution in [0.4, 0.5) is 5.69 Å². The summed E-state index contributed by atoms with van der Waals surface area (Å²) in [5, 5.41) is 11.9. The zero-order valence-electron chi connectivity index (χ0n) is 11.6. The van der Waals surface area contributed by atoms with E-state index in [1.54, 1.807) is 18.2 Å². The fraction of sp³-hybridized carbons (Fsp3) is 0.467. The molecular formula is C15H20N2O3. The molecule has 5 heteroatoms. The lowest BCUT2D eigenvalue weighted by atomic mass is 9.85. The lowest BCUT2D eigenvalue weighted by Gasteiger charge is -2.25. The first-order chi connectivity index (χ1) is 9.47. The zero-order valence-corrected chi connectivity index (χ0v) is 11.6. The van der Waals surface area contributed by atoms with Gasteiger partial charge in [0.1, 0.15) is 0 Å². The van der Waals surface area contributed by atoms with Crippen molar-refractivity contribution in [3.8, 4) is 0 Å². The summed E-state index contributed by atoms with van der Waals surface area (Å²) in [4.78, 5) is 23.4. The summed E-state index contributed by atoms with van der Waals surface area (Å²) in [6.07, 6.45) is 3.38. The first-order valence-electron chi connectivity index (χ1n) is 6.87. The maximum absolute atomic E-state index is 12.2. The zero-order chi connectivity index (χ0) is 14.7. The Morgan fingerprint density at radius 1 is 1.35 bits per heavy atom. The summed E-state index contributed by atoms with van der Waals surface area (Å²) in [7, 11) is 0. The predicted octanol–water partition coefficient (Wildman–Crippen LogP) is 2.15. The Hall–Kier alpha value is -1.88. The fourth-order valence-corrected chi connectivity index (χ4v) is 2.64. The van der Waals surface area contributed by atoms with E-state index in [4.69, 9.17) is 5.73 Å². The van der Waals surface area contributed by atoms with Crippen LogP contribution in [0.5, 0.6) is 0 Å². The van der Waals surface area contributed by atoms with E-state index in [-0.39, 0.29) is 23.4 Å². The number of nitrogens with one attached hydrogen (secondary N) is 1. The van der Waals surface area contributed by atoms with Gasteiger partial charge in [0.25, 0.3) is 0 Å². The molecule has 0 aromatic heterocycles. The maximum atomic E-state index is 12.2. The summed E-state index contributed by atoms with van der Waals surface area (Å²) in [5.74, 6) is -1.29. The molecule has 5 nitrogen and oxygen atoms in total. The molecule has 2 atom stereocenters. The number of benzene rings is 1. The van der Waals surface area contributed by atoms with Crippen LogP contribution in [0.3, 0.4) is 0 Å². The van der Waals surface area contributed by atoms with Gasteiger partial charge in [-0.25, -0.2) is 4.79 Å². The van der Waals surface area contributed by atoms with Crippen LogP contribution in [-0.4, -0.2) is 23.0 Å². The highest BCUT2D eigenvalue weighted by Gasteiger charge is 2.26. The summed E-state index contributed by atoms with van der Waals surface area (Å²) in [6, 6.07) is 5.05. The molecule has 0 spiro atoms. The van der Waals surface area contributed by atoms with Gasteiger partial charge >= 0.3 is 5.97 Å². The Balaban J connectivity index is 2.13. The summed E-state index contributed by atoms with van der Waals surface area (Å²) >= 11 is 0. The minimum absolute atomic E-state index is 0.0662. The molecule has 20 heavy (non-hydrogen) atoms. The second-order valence-electron chi connectivity index (χ2n) is 5.47. The van der Waals surface area contributed by atoms with Crippen LogP contribution in [0.15, 0.2) is 18.2 Å². The topological polar surface area (TPSA) is 92.4 Å². The van der Waals surface area contributed by atoms with Crippen molar-refractivity contribution in [3.05, 3.63) is 29.3 Å². The number of carboxylic acid groups (broad SMARTS) is 1. The Labute approximate surface area is 118 Å². The van der Waals surface area contributed by atoms with Crippen molar-refractivity contribution in [2.45, 2.75) is 38.6 Å². The van der Waals surface area contributed by atoms with E-state index in [2.05, 4.69) is 5.32 Å². The van der Waals surface area contributed by atoms with E-state index >= 15 is 0 Å². The quantitative estimate of drug-likeness (QED) is 0.788. The average Bonchev–Trinajstić information content (AvgIpc) is 2.40. The molecule has 1 aliphatic rings. The highest BCUT2D eigenvalue weighted by molar-refractivity contribution is 6.01. The number of anilines is 1. The highest BCUT2D eigenvalue weighted by Crippen LogP contribution is 2.25. The Bertz CT molecular complexity index is 528. The van der Waals surface area contributed by atoms with Crippen molar-refractivity contribution in [1.82, 2.24) is 0 Å². The van der Waals surface area contributed by atoms with Gasteiger partial charge < -0.3 is 16.2 Å². The number of carboxylic acids is 1. The molecule has 0 heterocycles. The molecule has 4 N–H and O–H groups in total. The molecule has 2 unspecified atom stereocenters. The molecule has 0 aliphatic heterocycles. The number of hydrogen-bond donors (Lipinski definition) is 3. The van der Waals surface area contributed by atoms with E-state index in [0.717, 1.165) is 24.8 Å². The third kappa shape index (κ3) is 3.36. The van der Waals surface area contributed by atoms with Crippen LogP contribution in [0.2, 0.25) is 0 Å². The van der Waals surface area contributed by atoms with E-state index in [0.29, 0.717) is 12.1 Å². The minimum atomic E-state index is -1.04. The molecule has 0 radical (unpaired) electrons. The van der Waals surface area contributed by atoms with Crippen molar-refractivity contribution < 1.29 is 14.7 Å². The first-order valence-corrected chi connectivity index (χ1v) is 6.87. The normalized spacial score (nSPS) is 22.3. The van der Waals surface area contributed by atoms with Gasteiger partial charge in [0.15, 0.2) is 0 Å². The van der Waals surface area contributed by atoms with Gasteiger partial charge in [0, 0.05) is 12.0 Å². The van der Waals surface area contributed by atoms with E-state index in [9.17, 15) is 14.7 Å². The molecule has 0 saturated heterocycles. The third-order valence-corrected chi connectivity index (χ3v) is 3.75. The van der Waals surface area contributed by atoms with Gasteiger partial charge in [-0.1, -0.05) is 18.1 Å². The van der Waals surface area contributed by atoms with Crippen molar-refractivity contribution in [2.75, 3.05) is 5.32 Å². The summed E-state index contributed by atoms with van der Waals surface area (Å²) < 4.78 is 0. The molecule has 1 fully saturated rings. The number of carbonyl (C=O) groups excluding carboxylic acids is 1. The van der Waals surface area contributed by atoms with Crippen LogP contribution in [0.25, 0.3) is 0 Å². The smallest absolute Gasteiger partial charge is 0.337 e. The molecule has 0 bridgehead atoms. The summed E-state index contributed by atoms with van der Waals surface area (Å²) in [5.41, 5.74) is 7.20. The van der Waals surface area contributed by atoms with Crippen LogP contribution in [-0.2, 0) is 4.79 Å². The van der Waals surface area contributed by atoms with Gasteiger partial charge in [-0.3, -0.25) is 4.79 Å². The lowest BCUT2D eigenvalue weighted by Crippen LogP contribution is -2.34. The molecule has 1 aromatic rings. The van der Waals surface area contributed by atoms with Crippen molar-refractivity contribution >= 4 is 17.6 Å². The lowest BCUT2D eigenvalue weighted by molar-refractivity contribution is -0.120. The number of aromatic carboxylic acids is 1. The number of rotatable bonds is 3. The van der Waals surface area contributed by atoms with Crippen molar-refractivity contribution in [2.24, 2.45) is 11.7 Å². The standard InChI is InChI=1S/C15H20N2O3/c1-9-5-6-13(12(7-9)15(19)20)17-14(18)10-3-2-4-11(16)8-10/h5-7,10-11H,2-4,8,16H2,1H3,(H,17,18)(H,19,20). The molecule has 1 amide bonds. The summed E-state index contributed by atoms with van der Waals surface area (Å²) in [6.45, 7) is 1.82. The minimum Gasteiger partial charge on any atom is -0.478 e. The molecule has 108 valence electrons. The molecule has 2 rings (SSSR count). The molecule has 1 aromatic carbocycles. The number of carbonyl (C=O) groups is 2. The predicted molar refractivity (Wildman–Crippen MR) is 76.7 cm³/mol. The van der Waals surface area contributed by atoms with Crippen LogP contribution in [0, 0.1) is 12.8 Å². The van der Waals surface area contributed by atoms with Crippen molar-refractivity contribution in [3.63, 3.8) is 0 Å². The Morgan fingerprint density at radius 3 is 2.75 bits per heavy atom. The molecule has 1 aliphatic carbocycles. The number of aryl methyl sites for hydroxylation is 1. The maximum Gasteiger partial charge on any atom is 0.337 e. The van der Waals surface area contributed by atoms with Gasteiger partial charge in [0.05, 0.1) is 11.3 Å². The Kier molecular flexibility index (Phi) is 4.39. The third-order valence-electron chi connectivity index (χ3n) is 3.75. The number of amides is 1. The Morgan fingerprint density at radius 2 is 2.10 bits per heavy atom. The van der Waals surface area contributed by atoms with Crippen molar-refractivity contribution in [1.29, 1.82) is 0 Å². The molecule has 1 saturated carbocycles. The van der Waals surface area contributed by atoms with Gasteiger partial charge in [-0.2, -0.15) is 0 Å². The van der Waals surface area contributed by atoms with E-state index in [1.165, 1.54) is 0 Å². The van der Waals surface area contributed by atoms with E-state index < -0.39 is 5.97 Å². The van der Waals surface area contributed by atoms with Crippen LogP contribution >= 0.6 is 0 Å². The second-order valence-corrected chi connectivity index (χ2v) is 5.47. The van der Waals surface area contributed by atoms with Crippen LogP contribution in [0.1, 0.15) is 41.6 Å². The molecular weight excluding hydrogens is 256 g/mol. The van der Waals surface area contributed by atoms with Gasteiger partial charge in [-0.15, -0.1) is 0 Å². The average molecular weight is 276 g/mol. The fourth-order valence-electron chi connectivity index (χ4n) is 2.64. The first kappa shape index (κ1) is 14.5. The SMILES string of the molecule is Cc1ccc(NC(=O)C2CCCC(N)C2)c(C(=O)O)c1. The number of hydrogen-bond acceptors (Lipinski definition) is 3. The van der Waals surface area contributed by atoms with Gasteiger partial charge in [0.2, 0.25) is 5.91 Å². The highest BCUT2D eigenvalue weighted by atomic mass is 16.4. The largest absolute Gasteiger partial charge is 0.478 e. The van der Waals surface area contributed by atoms with Gasteiger partial charge in [-0.05, 0) is 38.3 Å². The van der Waals surface area contributed by atoms with E-state index in [1.807, 2.05) is 6.92 Å². The van der Waals surface area contributed by atoms with Crippen LogP contribution < -0.4 is 11.1 Å². The number of nitrogens with two attached hydrogens (primary N) is 1. The second kappa shape index (κ2) is 6.05.